The lowest BCUT2D eigenvalue weighted by molar-refractivity contribution is 0.587. The normalized spacial score (nSPS) is 12.2. The number of rotatable bonds is 2. The summed E-state index contributed by atoms with van der Waals surface area (Å²) in [6.07, 6.45) is 5.21. The molecule has 0 bridgehead atoms. The molecule has 0 saturated heterocycles. The minimum Gasteiger partial charge on any atom is -0.303 e. The third kappa shape index (κ3) is 2.00. The second-order valence-corrected chi connectivity index (χ2v) is 2.94. The third-order valence-electron chi connectivity index (χ3n) is 1.75. The van der Waals surface area contributed by atoms with Gasteiger partial charge in [-0.1, -0.05) is 29.7 Å². The van der Waals surface area contributed by atoms with Crippen LogP contribution in [-0.2, 0) is 0 Å². The maximum absolute atomic E-state index is 13.4. The summed E-state index contributed by atoms with van der Waals surface area (Å²) in [5.41, 5.74) is 0.400. The van der Waals surface area contributed by atoms with Crippen LogP contribution in [0.3, 0.4) is 0 Å². The zero-order valence-corrected chi connectivity index (χ0v) is 7.90. The van der Waals surface area contributed by atoms with Gasteiger partial charge < -0.3 is 5.32 Å². The van der Waals surface area contributed by atoms with E-state index in [-0.39, 0.29) is 5.02 Å². The summed E-state index contributed by atoms with van der Waals surface area (Å²) in [4.78, 5) is 0. The second kappa shape index (κ2) is 4.27. The molecule has 3 heteroatoms. The van der Waals surface area contributed by atoms with Crippen molar-refractivity contribution in [3.05, 3.63) is 34.6 Å². The number of hydrogen-bond acceptors (Lipinski definition) is 1. The standard InChI is InChI=1S/C10H9ClFN/c1-3-9(13-2)7-5-4-6-8(11)10(7)12/h1,4-6,9,13H,2H3. The van der Waals surface area contributed by atoms with Gasteiger partial charge in [0.15, 0.2) is 0 Å². The van der Waals surface area contributed by atoms with Crippen molar-refractivity contribution < 1.29 is 4.39 Å². The van der Waals surface area contributed by atoms with Gasteiger partial charge in [-0.15, -0.1) is 6.42 Å². The van der Waals surface area contributed by atoms with Gasteiger partial charge >= 0.3 is 0 Å². The van der Waals surface area contributed by atoms with Gasteiger partial charge in [0.05, 0.1) is 11.1 Å². The first kappa shape index (κ1) is 10.0. The Hall–Kier alpha value is -1.04. The maximum Gasteiger partial charge on any atom is 0.147 e. The summed E-state index contributed by atoms with van der Waals surface area (Å²) in [6.45, 7) is 0. The topological polar surface area (TPSA) is 12.0 Å². The van der Waals surface area contributed by atoms with E-state index in [1.165, 1.54) is 6.07 Å². The Kier molecular flexibility index (Phi) is 3.30. The Morgan fingerprint density at radius 2 is 2.31 bits per heavy atom. The van der Waals surface area contributed by atoms with Crippen molar-refractivity contribution in [2.75, 3.05) is 7.05 Å². The van der Waals surface area contributed by atoms with Crippen LogP contribution in [0.15, 0.2) is 18.2 Å². The van der Waals surface area contributed by atoms with Crippen LogP contribution in [-0.4, -0.2) is 7.05 Å². The molecular formula is C10H9ClFN. The molecule has 1 rings (SSSR count). The molecule has 0 aliphatic heterocycles. The zero-order chi connectivity index (χ0) is 9.84. The average molecular weight is 198 g/mol. The predicted octanol–water partition coefficient (Wildman–Crippen LogP) is 2.37. The van der Waals surface area contributed by atoms with E-state index in [1.54, 1.807) is 19.2 Å². The van der Waals surface area contributed by atoms with Gasteiger partial charge in [0.1, 0.15) is 5.82 Å². The van der Waals surface area contributed by atoms with Crippen LogP contribution in [0.2, 0.25) is 5.02 Å². The number of halogens is 2. The SMILES string of the molecule is C#CC(NC)c1cccc(Cl)c1F. The lowest BCUT2D eigenvalue weighted by Gasteiger charge is -2.10. The van der Waals surface area contributed by atoms with Gasteiger partial charge in [0, 0.05) is 5.56 Å². The van der Waals surface area contributed by atoms with Crippen LogP contribution in [0, 0.1) is 18.2 Å². The monoisotopic (exact) mass is 197 g/mol. The van der Waals surface area contributed by atoms with Crippen LogP contribution in [0.25, 0.3) is 0 Å². The highest BCUT2D eigenvalue weighted by Gasteiger charge is 2.12. The Morgan fingerprint density at radius 1 is 1.62 bits per heavy atom. The van der Waals surface area contributed by atoms with E-state index in [1.807, 2.05) is 0 Å². The highest BCUT2D eigenvalue weighted by Crippen LogP contribution is 2.22. The van der Waals surface area contributed by atoms with Crippen molar-refractivity contribution in [3.63, 3.8) is 0 Å². The summed E-state index contributed by atoms with van der Waals surface area (Å²) < 4.78 is 13.4. The predicted molar refractivity (Wildman–Crippen MR) is 52.0 cm³/mol. The number of terminal acetylenes is 1. The molecule has 0 aromatic heterocycles. The van der Waals surface area contributed by atoms with E-state index in [0.29, 0.717) is 5.56 Å². The lowest BCUT2D eigenvalue weighted by Crippen LogP contribution is -2.15. The summed E-state index contributed by atoms with van der Waals surface area (Å²) in [6, 6.07) is 4.34. The van der Waals surface area contributed by atoms with Gasteiger partial charge in [0.2, 0.25) is 0 Å². The van der Waals surface area contributed by atoms with Gasteiger partial charge in [0.25, 0.3) is 0 Å². The van der Waals surface area contributed by atoms with Gasteiger partial charge in [-0.2, -0.15) is 0 Å². The molecule has 0 fully saturated rings. The first-order chi connectivity index (χ1) is 6.20. The Balaban J connectivity index is 3.15. The average Bonchev–Trinajstić information content (AvgIpc) is 2.14. The van der Waals surface area contributed by atoms with Crippen molar-refractivity contribution in [3.8, 4) is 12.3 Å². The summed E-state index contributed by atoms with van der Waals surface area (Å²) in [5, 5.41) is 2.89. The summed E-state index contributed by atoms with van der Waals surface area (Å²) >= 11 is 5.60. The first-order valence-electron chi connectivity index (χ1n) is 3.78. The lowest BCUT2D eigenvalue weighted by atomic mass is 10.1. The smallest absolute Gasteiger partial charge is 0.147 e. The fourth-order valence-electron chi connectivity index (χ4n) is 1.07. The molecule has 0 aliphatic carbocycles. The highest BCUT2D eigenvalue weighted by atomic mass is 35.5. The largest absolute Gasteiger partial charge is 0.303 e. The molecule has 1 aromatic carbocycles. The Bertz CT molecular complexity index is 343. The van der Waals surface area contributed by atoms with Gasteiger partial charge in [-0.05, 0) is 13.1 Å². The number of benzene rings is 1. The molecule has 0 spiro atoms. The quantitative estimate of drug-likeness (QED) is 0.718. The second-order valence-electron chi connectivity index (χ2n) is 2.53. The molecule has 0 radical (unpaired) electrons. The van der Waals surface area contributed by atoms with E-state index in [9.17, 15) is 4.39 Å². The van der Waals surface area contributed by atoms with E-state index in [2.05, 4.69) is 11.2 Å². The third-order valence-corrected chi connectivity index (χ3v) is 2.04. The molecule has 0 heterocycles. The van der Waals surface area contributed by atoms with E-state index in [0.717, 1.165) is 0 Å². The minimum absolute atomic E-state index is 0.0907. The van der Waals surface area contributed by atoms with E-state index < -0.39 is 11.9 Å². The van der Waals surface area contributed by atoms with Crippen molar-refractivity contribution in [1.29, 1.82) is 0 Å². The van der Waals surface area contributed by atoms with Crippen molar-refractivity contribution in [2.24, 2.45) is 0 Å². The molecule has 0 aliphatic rings. The molecule has 1 unspecified atom stereocenters. The maximum atomic E-state index is 13.4. The Morgan fingerprint density at radius 3 is 2.85 bits per heavy atom. The van der Waals surface area contributed by atoms with Crippen molar-refractivity contribution in [2.45, 2.75) is 6.04 Å². The molecule has 0 amide bonds. The van der Waals surface area contributed by atoms with E-state index in [4.69, 9.17) is 18.0 Å². The van der Waals surface area contributed by atoms with Crippen molar-refractivity contribution >= 4 is 11.6 Å². The van der Waals surface area contributed by atoms with Crippen LogP contribution in [0.5, 0.6) is 0 Å². The summed E-state index contributed by atoms with van der Waals surface area (Å²) in [7, 11) is 1.67. The Labute approximate surface area is 81.9 Å². The van der Waals surface area contributed by atoms with Crippen LogP contribution in [0.1, 0.15) is 11.6 Å². The van der Waals surface area contributed by atoms with Crippen LogP contribution < -0.4 is 5.32 Å². The fraction of sp³-hybridized carbons (Fsp3) is 0.200. The van der Waals surface area contributed by atoms with Gasteiger partial charge in [-0.25, -0.2) is 4.39 Å². The molecule has 1 aromatic rings. The molecule has 0 saturated carbocycles. The number of nitrogens with one attached hydrogen (secondary N) is 1. The molecule has 1 nitrogen and oxygen atoms in total. The molecule has 68 valence electrons. The van der Waals surface area contributed by atoms with E-state index >= 15 is 0 Å². The highest BCUT2D eigenvalue weighted by molar-refractivity contribution is 6.30. The zero-order valence-electron chi connectivity index (χ0n) is 7.14. The van der Waals surface area contributed by atoms with Crippen LogP contribution >= 0.6 is 11.6 Å². The summed E-state index contributed by atoms with van der Waals surface area (Å²) in [5.74, 6) is 1.97. The van der Waals surface area contributed by atoms with Crippen molar-refractivity contribution in [1.82, 2.24) is 5.32 Å². The van der Waals surface area contributed by atoms with Crippen LogP contribution in [0.4, 0.5) is 4.39 Å². The number of hydrogen-bond donors (Lipinski definition) is 1. The fourth-order valence-corrected chi connectivity index (χ4v) is 1.25. The molecule has 13 heavy (non-hydrogen) atoms. The first-order valence-corrected chi connectivity index (χ1v) is 4.15. The molecular weight excluding hydrogens is 189 g/mol. The minimum atomic E-state index is -0.457. The van der Waals surface area contributed by atoms with Gasteiger partial charge in [-0.3, -0.25) is 0 Å². The molecule has 1 N–H and O–H groups in total. The molecule has 1 atom stereocenters.